The molecule has 0 unspecified atom stereocenters. The Morgan fingerprint density at radius 1 is 1.25 bits per heavy atom. The van der Waals surface area contributed by atoms with Gasteiger partial charge in [0.25, 0.3) is 0 Å². The third-order valence-electron chi connectivity index (χ3n) is 4.93. The highest BCUT2D eigenvalue weighted by atomic mass is 32.1. The topological polar surface area (TPSA) is 58.1 Å². The number of amides is 1. The number of rotatable bonds is 4. The van der Waals surface area contributed by atoms with Gasteiger partial charge < -0.3 is 10.2 Å². The normalized spacial score (nSPS) is 24.0. The second-order valence-corrected chi connectivity index (χ2v) is 8.04. The third kappa shape index (κ3) is 3.29. The Balaban J connectivity index is 1.26. The van der Waals surface area contributed by atoms with Gasteiger partial charge in [0, 0.05) is 53.1 Å². The largest absolute Gasteiger partial charge is 0.353 e. The molecule has 2 aliphatic rings. The summed E-state index contributed by atoms with van der Waals surface area (Å²) in [6, 6.07) is 6.44. The molecule has 2 atom stereocenters. The highest BCUT2D eigenvalue weighted by Gasteiger charge is 2.45. The summed E-state index contributed by atoms with van der Waals surface area (Å²) in [5, 5.41) is 3.26. The molecule has 0 bridgehead atoms. The molecule has 126 valence electrons. The van der Waals surface area contributed by atoms with Crippen LogP contribution in [0.1, 0.15) is 34.9 Å². The lowest BCUT2D eigenvalue weighted by Gasteiger charge is -2.32. The lowest BCUT2D eigenvalue weighted by molar-refractivity contribution is -0.123. The molecule has 1 aliphatic heterocycles. The van der Waals surface area contributed by atoms with Crippen LogP contribution in [0.3, 0.4) is 0 Å². The zero-order chi connectivity index (χ0) is 16.5. The minimum atomic E-state index is 0.179. The first-order chi connectivity index (χ1) is 11.7. The molecule has 6 heteroatoms. The summed E-state index contributed by atoms with van der Waals surface area (Å²) in [7, 11) is 0. The van der Waals surface area contributed by atoms with Crippen LogP contribution in [0.15, 0.2) is 30.6 Å². The standard InChI is InChI=1S/C18H22N4OS/c1-12-3-4-16(24-12)14-11-15(14)17(23)21-13-5-9-22(10-6-13)18-19-7-2-8-20-18/h2-4,7-8,13-15H,5-6,9-11H2,1H3,(H,21,23)/t14-,15-/m1/s1. The minimum Gasteiger partial charge on any atom is -0.353 e. The van der Waals surface area contributed by atoms with Crippen LogP contribution in [0, 0.1) is 12.8 Å². The summed E-state index contributed by atoms with van der Waals surface area (Å²) in [6.07, 6.45) is 6.47. The van der Waals surface area contributed by atoms with Gasteiger partial charge in [-0.2, -0.15) is 0 Å². The molecule has 0 spiro atoms. The van der Waals surface area contributed by atoms with Gasteiger partial charge in [0.15, 0.2) is 0 Å². The lowest BCUT2D eigenvalue weighted by atomic mass is 10.0. The Hall–Kier alpha value is -1.95. The Kier molecular flexibility index (Phi) is 4.22. The number of hydrogen-bond donors (Lipinski definition) is 1. The molecule has 1 amide bonds. The van der Waals surface area contributed by atoms with Crippen LogP contribution in [-0.2, 0) is 4.79 Å². The van der Waals surface area contributed by atoms with Crippen LogP contribution in [0.2, 0.25) is 0 Å². The first-order valence-corrected chi connectivity index (χ1v) is 9.41. The maximum Gasteiger partial charge on any atom is 0.225 e. The zero-order valence-corrected chi connectivity index (χ0v) is 14.6. The van der Waals surface area contributed by atoms with Crippen molar-refractivity contribution in [3.8, 4) is 0 Å². The smallest absolute Gasteiger partial charge is 0.225 e. The molecule has 2 aromatic heterocycles. The monoisotopic (exact) mass is 342 g/mol. The maximum absolute atomic E-state index is 12.5. The molecule has 24 heavy (non-hydrogen) atoms. The van der Waals surface area contributed by atoms with Crippen LogP contribution in [0.25, 0.3) is 0 Å². The summed E-state index contributed by atoms with van der Waals surface area (Å²) in [4.78, 5) is 26.0. The molecular weight excluding hydrogens is 320 g/mol. The number of thiophene rings is 1. The van der Waals surface area contributed by atoms with Crippen molar-refractivity contribution >= 4 is 23.2 Å². The van der Waals surface area contributed by atoms with Gasteiger partial charge in [-0.15, -0.1) is 11.3 Å². The molecule has 0 radical (unpaired) electrons. The van der Waals surface area contributed by atoms with E-state index in [0.717, 1.165) is 38.3 Å². The summed E-state index contributed by atoms with van der Waals surface area (Å²) in [6.45, 7) is 3.91. The fourth-order valence-electron chi connectivity index (χ4n) is 3.44. The molecule has 2 aromatic rings. The fourth-order valence-corrected chi connectivity index (χ4v) is 4.49. The van der Waals surface area contributed by atoms with Gasteiger partial charge in [0.05, 0.1) is 0 Å². The average Bonchev–Trinajstić information content (AvgIpc) is 3.31. The van der Waals surface area contributed by atoms with E-state index in [9.17, 15) is 4.79 Å². The molecule has 1 N–H and O–H groups in total. The number of carbonyl (C=O) groups is 1. The molecule has 1 aliphatic carbocycles. The van der Waals surface area contributed by atoms with Crippen LogP contribution in [0.4, 0.5) is 5.95 Å². The van der Waals surface area contributed by atoms with Crippen molar-refractivity contribution in [3.05, 3.63) is 40.3 Å². The third-order valence-corrected chi connectivity index (χ3v) is 6.06. The zero-order valence-electron chi connectivity index (χ0n) is 13.8. The second kappa shape index (κ2) is 6.51. The van der Waals surface area contributed by atoms with Gasteiger partial charge in [-0.05, 0) is 44.4 Å². The van der Waals surface area contributed by atoms with E-state index < -0.39 is 0 Å². The molecular formula is C18H22N4OS. The number of aryl methyl sites for hydroxylation is 1. The van der Waals surface area contributed by atoms with E-state index >= 15 is 0 Å². The quantitative estimate of drug-likeness (QED) is 0.928. The minimum absolute atomic E-state index is 0.179. The van der Waals surface area contributed by atoms with Crippen molar-refractivity contribution in [2.24, 2.45) is 5.92 Å². The molecule has 0 aromatic carbocycles. The maximum atomic E-state index is 12.5. The summed E-state index contributed by atoms with van der Waals surface area (Å²) >= 11 is 1.82. The number of carbonyl (C=O) groups excluding carboxylic acids is 1. The molecule has 2 fully saturated rings. The molecule has 4 rings (SSSR count). The first-order valence-electron chi connectivity index (χ1n) is 8.59. The Morgan fingerprint density at radius 3 is 2.67 bits per heavy atom. The van der Waals surface area contributed by atoms with Gasteiger partial charge in [-0.25, -0.2) is 9.97 Å². The second-order valence-electron chi connectivity index (χ2n) is 6.72. The van der Waals surface area contributed by atoms with Crippen LogP contribution in [-0.4, -0.2) is 35.0 Å². The molecule has 1 saturated heterocycles. The first kappa shape index (κ1) is 15.6. The summed E-state index contributed by atoms with van der Waals surface area (Å²) in [5.41, 5.74) is 0. The number of nitrogens with zero attached hydrogens (tertiary/aromatic N) is 3. The van der Waals surface area contributed by atoms with E-state index in [1.54, 1.807) is 12.4 Å². The Labute approximate surface area is 146 Å². The predicted octanol–water partition coefficient (Wildman–Crippen LogP) is 2.74. The van der Waals surface area contributed by atoms with E-state index in [2.05, 4.69) is 39.2 Å². The fraction of sp³-hybridized carbons (Fsp3) is 0.500. The lowest BCUT2D eigenvalue weighted by Crippen LogP contribution is -2.45. The SMILES string of the molecule is Cc1ccc([C@@H]2C[C@H]2C(=O)NC2CCN(c3ncccn3)CC2)s1. The van der Waals surface area contributed by atoms with Gasteiger partial charge in [-0.1, -0.05) is 0 Å². The van der Waals surface area contributed by atoms with Gasteiger partial charge in [0.2, 0.25) is 11.9 Å². The average molecular weight is 342 g/mol. The molecule has 3 heterocycles. The highest BCUT2D eigenvalue weighted by molar-refractivity contribution is 7.12. The Morgan fingerprint density at radius 2 is 2.00 bits per heavy atom. The van der Waals surface area contributed by atoms with E-state index in [4.69, 9.17) is 0 Å². The van der Waals surface area contributed by atoms with Crippen molar-refractivity contribution < 1.29 is 4.79 Å². The van der Waals surface area contributed by atoms with Crippen LogP contribution in [0.5, 0.6) is 0 Å². The highest BCUT2D eigenvalue weighted by Crippen LogP contribution is 2.49. The van der Waals surface area contributed by atoms with E-state index in [1.807, 2.05) is 17.4 Å². The molecule has 1 saturated carbocycles. The van der Waals surface area contributed by atoms with Gasteiger partial charge in [0.1, 0.15) is 0 Å². The van der Waals surface area contributed by atoms with Crippen molar-refractivity contribution in [1.82, 2.24) is 15.3 Å². The summed E-state index contributed by atoms with van der Waals surface area (Å²) < 4.78 is 0. The Bertz CT molecular complexity index is 709. The van der Waals surface area contributed by atoms with E-state index in [-0.39, 0.29) is 17.9 Å². The number of nitrogens with one attached hydrogen (secondary N) is 1. The van der Waals surface area contributed by atoms with Crippen LogP contribution < -0.4 is 10.2 Å². The molecule has 5 nitrogen and oxygen atoms in total. The van der Waals surface area contributed by atoms with Crippen LogP contribution >= 0.6 is 11.3 Å². The van der Waals surface area contributed by atoms with Gasteiger partial charge >= 0.3 is 0 Å². The number of aromatic nitrogens is 2. The number of piperidine rings is 1. The van der Waals surface area contributed by atoms with Gasteiger partial charge in [-0.3, -0.25) is 4.79 Å². The predicted molar refractivity (Wildman–Crippen MR) is 95.3 cm³/mol. The number of anilines is 1. The van der Waals surface area contributed by atoms with Crippen molar-refractivity contribution in [3.63, 3.8) is 0 Å². The van der Waals surface area contributed by atoms with E-state index in [1.165, 1.54) is 9.75 Å². The van der Waals surface area contributed by atoms with Crippen molar-refractivity contribution in [2.75, 3.05) is 18.0 Å². The van der Waals surface area contributed by atoms with Crippen molar-refractivity contribution in [2.45, 2.75) is 38.1 Å². The van der Waals surface area contributed by atoms with E-state index in [0.29, 0.717) is 5.92 Å². The summed E-state index contributed by atoms with van der Waals surface area (Å²) in [5.74, 6) is 1.65. The number of hydrogen-bond acceptors (Lipinski definition) is 5. The van der Waals surface area contributed by atoms with Crippen molar-refractivity contribution in [1.29, 1.82) is 0 Å².